The quantitative estimate of drug-likeness (QED) is 0.330. The first-order valence-electron chi connectivity index (χ1n) is 10.8. The van der Waals surface area contributed by atoms with Crippen molar-refractivity contribution in [3.63, 3.8) is 0 Å². The molecule has 0 fully saturated rings. The van der Waals surface area contributed by atoms with Crippen LogP contribution in [0, 0.1) is 0 Å². The molecule has 0 atom stereocenters. The number of nitrogens with one attached hydrogen (secondary N) is 2. The second kappa shape index (κ2) is 10.9. The van der Waals surface area contributed by atoms with E-state index in [4.69, 9.17) is 9.47 Å². The first kappa shape index (κ1) is 22.0. The van der Waals surface area contributed by atoms with Gasteiger partial charge >= 0.3 is 0 Å². The summed E-state index contributed by atoms with van der Waals surface area (Å²) in [5, 5.41) is 6.27. The van der Waals surface area contributed by atoms with E-state index in [0.29, 0.717) is 30.2 Å². The van der Waals surface area contributed by atoms with Gasteiger partial charge < -0.3 is 20.1 Å². The van der Waals surface area contributed by atoms with Gasteiger partial charge in [0.25, 0.3) is 5.91 Å². The molecule has 2 N–H and O–H groups in total. The van der Waals surface area contributed by atoms with Crippen LogP contribution in [-0.4, -0.2) is 13.0 Å². The summed E-state index contributed by atoms with van der Waals surface area (Å²) in [6.45, 7) is 1.17. The van der Waals surface area contributed by atoms with Crippen molar-refractivity contribution in [3.8, 4) is 11.5 Å². The topological polar surface area (TPSA) is 59.6 Å². The van der Waals surface area contributed by atoms with Crippen LogP contribution in [0.3, 0.4) is 0 Å². The smallest absolute Gasteiger partial charge is 0.255 e. The summed E-state index contributed by atoms with van der Waals surface area (Å²) < 4.78 is 11.3. The number of ether oxygens (including phenoxy) is 2. The fraction of sp³-hybridized carbons (Fsp3) is 0.107. The van der Waals surface area contributed by atoms with Crippen molar-refractivity contribution in [2.24, 2.45) is 0 Å². The van der Waals surface area contributed by atoms with Gasteiger partial charge in [0.05, 0.1) is 12.8 Å². The highest BCUT2D eigenvalue weighted by molar-refractivity contribution is 6.04. The van der Waals surface area contributed by atoms with E-state index >= 15 is 0 Å². The van der Waals surface area contributed by atoms with Crippen LogP contribution in [0.25, 0.3) is 0 Å². The van der Waals surface area contributed by atoms with Gasteiger partial charge in [-0.1, -0.05) is 60.7 Å². The third-order valence-electron chi connectivity index (χ3n) is 5.15. The minimum absolute atomic E-state index is 0.208. The van der Waals surface area contributed by atoms with E-state index in [0.717, 1.165) is 22.6 Å². The number of amides is 1. The Morgan fingerprint density at radius 1 is 0.788 bits per heavy atom. The minimum atomic E-state index is -0.208. The molecule has 0 unspecified atom stereocenters. The highest BCUT2D eigenvalue weighted by atomic mass is 16.5. The number of hydrogen-bond acceptors (Lipinski definition) is 4. The molecule has 0 spiro atoms. The zero-order valence-electron chi connectivity index (χ0n) is 18.5. The van der Waals surface area contributed by atoms with Crippen molar-refractivity contribution in [1.29, 1.82) is 0 Å². The molecule has 0 saturated carbocycles. The lowest BCUT2D eigenvalue weighted by atomic mass is 10.1. The van der Waals surface area contributed by atoms with Crippen molar-refractivity contribution < 1.29 is 14.3 Å². The fourth-order valence-corrected chi connectivity index (χ4v) is 3.35. The highest BCUT2D eigenvalue weighted by Gasteiger charge is 2.11. The van der Waals surface area contributed by atoms with Gasteiger partial charge in [-0.2, -0.15) is 0 Å². The van der Waals surface area contributed by atoms with Gasteiger partial charge in [-0.25, -0.2) is 0 Å². The lowest BCUT2D eigenvalue weighted by Gasteiger charge is -2.13. The molecule has 166 valence electrons. The molecule has 0 saturated heterocycles. The lowest BCUT2D eigenvalue weighted by Crippen LogP contribution is -2.12. The molecule has 0 aliphatic heterocycles. The van der Waals surface area contributed by atoms with Crippen molar-refractivity contribution >= 4 is 17.3 Å². The number of carbonyl (C=O) groups excluding carboxylic acids is 1. The first-order chi connectivity index (χ1) is 16.2. The van der Waals surface area contributed by atoms with Crippen LogP contribution in [0.1, 0.15) is 21.5 Å². The summed E-state index contributed by atoms with van der Waals surface area (Å²) >= 11 is 0. The molecule has 0 radical (unpaired) electrons. The molecule has 0 bridgehead atoms. The number of rotatable bonds is 9. The summed E-state index contributed by atoms with van der Waals surface area (Å²) in [7, 11) is 1.60. The molecule has 0 aromatic heterocycles. The standard InChI is InChI=1S/C28H26N2O3/c1-32-27-18-23(12-17-26(27)29-19-21-8-4-2-5-9-21)28(31)30-24-13-15-25(16-14-24)33-20-22-10-6-3-7-11-22/h2-18,29H,19-20H2,1H3,(H,30,31). The van der Waals surface area contributed by atoms with Gasteiger partial charge in [-0.15, -0.1) is 0 Å². The van der Waals surface area contributed by atoms with E-state index in [1.807, 2.05) is 78.9 Å². The SMILES string of the molecule is COc1cc(C(=O)Nc2ccc(OCc3ccccc3)cc2)ccc1NCc1ccccc1. The summed E-state index contributed by atoms with van der Waals surface area (Å²) in [5.41, 5.74) is 4.31. The van der Waals surface area contributed by atoms with Gasteiger partial charge in [0.2, 0.25) is 0 Å². The number of methoxy groups -OCH3 is 1. The molecule has 4 aromatic rings. The molecule has 33 heavy (non-hydrogen) atoms. The van der Waals surface area contributed by atoms with Crippen LogP contribution < -0.4 is 20.1 Å². The molecule has 0 heterocycles. The maximum Gasteiger partial charge on any atom is 0.255 e. The average Bonchev–Trinajstić information content (AvgIpc) is 2.88. The molecule has 0 aliphatic rings. The normalized spacial score (nSPS) is 10.3. The summed E-state index contributed by atoms with van der Waals surface area (Å²) in [4.78, 5) is 12.8. The monoisotopic (exact) mass is 438 g/mol. The third kappa shape index (κ3) is 6.14. The Hall–Kier alpha value is -4.25. The van der Waals surface area contributed by atoms with E-state index in [1.54, 1.807) is 19.2 Å². The Labute approximate surface area is 194 Å². The number of carbonyl (C=O) groups is 1. The minimum Gasteiger partial charge on any atom is -0.495 e. The summed E-state index contributed by atoms with van der Waals surface area (Å²) in [6.07, 6.45) is 0. The zero-order valence-corrected chi connectivity index (χ0v) is 18.5. The Bertz CT molecular complexity index is 1180. The van der Waals surface area contributed by atoms with E-state index in [2.05, 4.69) is 22.8 Å². The van der Waals surface area contributed by atoms with Crippen molar-refractivity contribution in [2.45, 2.75) is 13.2 Å². The zero-order chi connectivity index (χ0) is 22.9. The molecule has 4 rings (SSSR count). The highest BCUT2D eigenvalue weighted by Crippen LogP contribution is 2.27. The predicted molar refractivity (Wildman–Crippen MR) is 132 cm³/mol. The number of hydrogen-bond donors (Lipinski definition) is 2. The number of anilines is 2. The molecule has 1 amide bonds. The summed E-state index contributed by atoms with van der Waals surface area (Å²) in [6, 6.07) is 32.8. The molecule has 0 aliphatic carbocycles. The van der Waals surface area contributed by atoms with Crippen LogP contribution in [0.5, 0.6) is 11.5 Å². The Kier molecular flexibility index (Phi) is 7.23. The second-order valence-corrected chi connectivity index (χ2v) is 7.51. The van der Waals surface area contributed by atoms with Crippen LogP contribution in [0.4, 0.5) is 11.4 Å². The predicted octanol–water partition coefficient (Wildman–Crippen LogP) is 6.14. The largest absolute Gasteiger partial charge is 0.495 e. The van der Waals surface area contributed by atoms with Crippen molar-refractivity contribution in [3.05, 3.63) is 120 Å². The fourth-order valence-electron chi connectivity index (χ4n) is 3.35. The molecule has 5 heteroatoms. The van der Waals surface area contributed by atoms with Gasteiger partial charge in [0.15, 0.2) is 0 Å². The van der Waals surface area contributed by atoms with Crippen LogP contribution in [0.2, 0.25) is 0 Å². The van der Waals surface area contributed by atoms with Gasteiger partial charge in [-0.3, -0.25) is 4.79 Å². The molecule has 5 nitrogen and oxygen atoms in total. The van der Waals surface area contributed by atoms with Gasteiger partial charge in [-0.05, 0) is 53.6 Å². The van der Waals surface area contributed by atoms with Crippen molar-refractivity contribution in [2.75, 3.05) is 17.7 Å². The van der Waals surface area contributed by atoms with E-state index in [-0.39, 0.29) is 5.91 Å². The lowest BCUT2D eigenvalue weighted by molar-refractivity contribution is 0.102. The average molecular weight is 439 g/mol. The second-order valence-electron chi connectivity index (χ2n) is 7.51. The molecular weight excluding hydrogens is 412 g/mol. The van der Waals surface area contributed by atoms with Gasteiger partial charge in [0, 0.05) is 17.8 Å². The third-order valence-corrected chi connectivity index (χ3v) is 5.15. The Morgan fingerprint density at radius 2 is 1.45 bits per heavy atom. The van der Waals surface area contributed by atoms with Crippen LogP contribution in [-0.2, 0) is 13.2 Å². The van der Waals surface area contributed by atoms with Crippen LogP contribution in [0.15, 0.2) is 103 Å². The Morgan fingerprint density at radius 3 is 2.12 bits per heavy atom. The molecule has 4 aromatic carbocycles. The maximum atomic E-state index is 12.8. The number of benzene rings is 4. The molecular formula is C28H26N2O3. The first-order valence-corrected chi connectivity index (χ1v) is 10.8. The van der Waals surface area contributed by atoms with E-state index in [9.17, 15) is 4.79 Å². The summed E-state index contributed by atoms with van der Waals surface area (Å²) in [5.74, 6) is 1.15. The van der Waals surface area contributed by atoms with Crippen molar-refractivity contribution in [1.82, 2.24) is 0 Å². The maximum absolute atomic E-state index is 12.8. The van der Waals surface area contributed by atoms with Gasteiger partial charge in [0.1, 0.15) is 18.1 Å². The van der Waals surface area contributed by atoms with E-state index < -0.39 is 0 Å². The van der Waals surface area contributed by atoms with Crippen LogP contribution >= 0.6 is 0 Å². The van der Waals surface area contributed by atoms with E-state index in [1.165, 1.54) is 0 Å². The Balaban J connectivity index is 1.35.